The van der Waals surface area contributed by atoms with Crippen molar-refractivity contribution in [1.29, 1.82) is 0 Å². The molecular formula is C16H21N5O2S. The van der Waals surface area contributed by atoms with E-state index < -0.39 is 6.03 Å². The van der Waals surface area contributed by atoms with Gasteiger partial charge in [0.15, 0.2) is 5.16 Å². The molecule has 128 valence electrons. The summed E-state index contributed by atoms with van der Waals surface area (Å²) in [4.78, 5) is 23.1. The summed E-state index contributed by atoms with van der Waals surface area (Å²) in [6.45, 7) is 4.99. The second kappa shape index (κ2) is 9.07. The Balaban J connectivity index is 1.96. The zero-order valence-corrected chi connectivity index (χ0v) is 14.6. The van der Waals surface area contributed by atoms with Gasteiger partial charge in [0.2, 0.25) is 5.91 Å². The minimum Gasteiger partial charge on any atom is -0.338 e. The molecule has 0 bridgehead atoms. The van der Waals surface area contributed by atoms with E-state index in [0.29, 0.717) is 18.1 Å². The first kappa shape index (κ1) is 18.0. The van der Waals surface area contributed by atoms with Crippen molar-refractivity contribution >= 4 is 23.7 Å². The summed E-state index contributed by atoms with van der Waals surface area (Å²) in [7, 11) is 0. The molecule has 0 aliphatic carbocycles. The van der Waals surface area contributed by atoms with Crippen LogP contribution in [-0.4, -0.2) is 39.0 Å². The minimum absolute atomic E-state index is 0.112. The normalized spacial score (nSPS) is 10.4. The first-order valence-corrected chi connectivity index (χ1v) is 8.79. The van der Waals surface area contributed by atoms with Crippen LogP contribution >= 0.6 is 11.8 Å². The Labute approximate surface area is 145 Å². The predicted molar refractivity (Wildman–Crippen MR) is 92.9 cm³/mol. The molecule has 1 aromatic heterocycles. The van der Waals surface area contributed by atoms with Gasteiger partial charge >= 0.3 is 6.03 Å². The van der Waals surface area contributed by atoms with Gasteiger partial charge in [0.05, 0.1) is 5.75 Å². The van der Waals surface area contributed by atoms with Crippen molar-refractivity contribution < 1.29 is 9.59 Å². The highest BCUT2D eigenvalue weighted by atomic mass is 32.2. The van der Waals surface area contributed by atoms with Crippen LogP contribution in [0.5, 0.6) is 0 Å². The molecule has 8 heteroatoms. The fraction of sp³-hybridized carbons (Fsp3) is 0.375. The van der Waals surface area contributed by atoms with Crippen LogP contribution in [0, 0.1) is 0 Å². The third-order valence-corrected chi connectivity index (χ3v) is 4.20. The second-order valence-corrected chi connectivity index (χ2v) is 5.94. The molecule has 2 aromatic rings. The molecule has 0 unspecified atom stereocenters. The Morgan fingerprint density at radius 3 is 2.58 bits per heavy atom. The summed E-state index contributed by atoms with van der Waals surface area (Å²) in [5.41, 5.74) is 1.16. The number of aromatic nitrogens is 3. The van der Waals surface area contributed by atoms with E-state index >= 15 is 0 Å². The molecule has 2 N–H and O–H groups in total. The van der Waals surface area contributed by atoms with Gasteiger partial charge in [0, 0.05) is 19.5 Å². The molecule has 0 saturated carbocycles. The lowest BCUT2D eigenvalue weighted by molar-refractivity contribution is -0.117. The van der Waals surface area contributed by atoms with Crippen LogP contribution in [0.15, 0.2) is 35.5 Å². The molecule has 0 radical (unpaired) electrons. The van der Waals surface area contributed by atoms with Gasteiger partial charge in [0.25, 0.3) is 0 Å². The number of imide groups is 1. The zero-order chi connectivity index (χ0) is 17.4. The molecule has 24 heavy (non-hydrogen) atoms. The molecule has 1 aromatic carbocycles. The van der Waals surface area contributed by atoms with Crippen LogP contribution in [-0.2, 0) is 17.8 Å². The molecular weight excluding hydrogens is 326 g/mol. The summed E-state index contributed by atoms with van der Waals surface area (Å²) in [6, 6.07) is 9.56. The van der Waals surface area contributed by atoms with Crippen molar-refractivity contribution in [2.24, 2.45) is 0 Å². The van der Waals surface area contributed by atoms with E-state index in [2.05, 4.69) is 20.8 Å². The number of amides is 3. The number of carbonyl (C=O) groups is 2. The summed E-state index contributed by atoms with van der Waals surface area (Å²) >= 11 is 1.27. The zero-order valence-electron chi connectivity index (χ0n) is 13.8. The molecule has 2 rings (SSSR count). The van der Waals surface area contributed by atoms with Gasteiger partial charge in [-0.3, -0.25) is 10.1 Å². The Bertz CT molecular complexity index is 687. The van der Waals surface area contributed by atoms with Gasteiger partial charge in [-0.2, -0.15) is 0 Å². The summed E-state index contributed by atoms with van der Waals surface area (Å²) in [6.07, 6.45) is 0.688. The molecule has 1 heterocycles. The van der Waals surface area contributed by atoms with Crippen molar-refractivity contribution in [2.45, 2.75) is 32.0 Å². The standard InChI is InChI=1S/C16H21N5O2S/c1-3-17-15(23)18-14(22)11-24-16-20-19-13(21(16)4-2)10-12-8-6-5-7-9-12/h5-9H,3-4,10-11H2,1-2H3,(H2,17,18,22,23). The van der Waals surface area contributed by atoms with E-state index in [4.69, 9.17) is 0 Å². The molecule has 7 nitrogen and oxygen atoms in total. The third-order valence-electron chi connectivity index (χ3n) is 3.24. The van der Waals surface area contributed by atoms with E-state index in [9.17, 15) is 9.59 Å². The number of hydrogen-bond acceptors (Lipinski definition) is 5. The molecule has 0 atom stereocenters. The molecule has 3 amide bonds. The van der Waals surface area contributed by atoms with Crippen molar-refractivity contribution in [2.75, 3.05) is 12.3 Å². The summed E-state index contributed by atoms with van der Waals surface area (Å²) in [5.74, 6) is 0.609. The summed E-state index contributed by atoms with van der Waals surface area (Å²) in [5, 5.41) is 13.9. The Morgan fingerprint density at radius 1 is 1.17 bits per heavy atom. The molecule has 0 spiro atoms. The largest absolute Gasteiger partial charge is 0.338 e. The van der Waals surface area contributed by atoms with Crippen LogP contribution in [0.4, 0.5) is 4.79 Å². The highest BCUT2D eigenvalue weighted by Gasteiger charge is 2.14. The molecule has 0 fully saturated rings. The number of thioether (sulfide) groups is 1. The average molecular weight is 347 g/mol. The molecule has 0 aliphatic heterocycles. The molecule has 0 aliphatic rings. The highest BCUT2D eigenvalue weighted by Crippen LogP contribution is 2.18. The lowest BCUT2D eigenvalue weighted by atomic mass is 10.1. The lowest BCUT2D eigenvalue weighted by Gasteiger charge is -2.07. The Kier molecular flexibility index (Phi) is 6.80. The smallest absolute Gasteiger partial charge is 0.321 e. The Morgan fingerprint density at radius 2 is 1.92 bits per heavy atom. The highest BCUT2D eigenvalue weighted by molar-refractivity contribution is 7.99. The first-order valence-electron chi connectivity index (χ1n) is 7.80. The second-order valence-electron chi connectivity index (χ2n) is 5.00. The van der Waals surface area contributed by atoms with Gasteiger partial charge in [0.1, 0.15) is 5.82 Å². The number of nitrogens with one attached hydrogen (secondary N) is 2. The molecule has 0 saturated heterocycles. The van der Waals surface area contributed by atoms with Gasteiger partial charge < -0.3 is 9.88 Å². The topological polar surface area (TPSA) is 88.9 Å². The van der Waals surface area contributed by atoms with Crippen LogP contribution in [0.3, 0.4) is 0 Å². The van der Waals surface area contributed by atoms with Crippen molar-refractivity contribution in [3.63, 3.8) is 0 Å². The maximum Gasteiger partial charge on any atom is 0.321 e. The summed E-state index contributed by atoms with van der Waals surface area (Å²) < 4.78 is 1.98. The lowest BCUT2D eigenvalue weighted by Crippen LogP contribution is -2.40. The number of carbonyl (C=O) groups excluding carboxylic acids is 2. The number of hydrogen-bond donors (Lipinski definition) is 2. The van der Waals surface area contributed by atoms with Gasteiger partial charge in [-0.25, -0.2) is 4.79 Å². The quantitative estimate of drug-likeness (QED) is 0.746. The third kappa shape index (κ3) is 5.09. The maximum atomic E-state index is 11.7. The van der Waals surface area contributed by atoms with Gasteiger partial charge in [-0.1, -0.05) is 42.1 Å². The van der Waals surface area contributed by atoms with E-state index in [1.807, 2.05) is 41.8 Å². The predicted octanol–water partition coefficient (Wildman–Crippen LogP) is 1.83. The van der Waals surface area contributed by atoms with Crippen molar-refractivity contribution in [3.8, 4) is 0 Å². The number of benzene rings is 1. The average Bonchev–Trinajstić information content (AvgIpc) is 2.95. The van der Waals surface area contributed by atoms with Crippen LogP contribution < -0.4 is 10.6 Å². The maximum absolute atomic E-state index is 11.7. The fourth-order valence-corrected chi connectivity index (χ4v) is 2.97. The van der Waals surface area contributed by atoms with E-state index in [1.165, 1.54) is 11.8 Å². The number of nitrogens with zero attached hydrogens (tertiary/aromatic N) is 3. The van der Waals surface area contributed by atoms with Crippen LogP contribution in [0.25, 0.3) is 0 Å². The van der Waals surface area contributed by atoms with E-state index in [0.717, 1.165) is 17.9 Å². The van der Waals surface area contributed by atoms with Crippen molar-refractivity contribution in [3.05, 3.63) is 41.7 Å². The van der Waals surface area contributed by atoms with Crippen LogP contribution in [0.2, 0.25) is 0 Å². The minimum atomic E-state index is -0.482. The number of rotatable bonds is 7. The Hall–Kier alpha value is -2.35. The van der Waals surface area contributed by atoms with Gasteiger partial charge in [-0.05, 0) is 19.4 Å². The van der Waals surface area contributed by atoms with Crippen LogP contribution in [0.1, 0.15) is 25.2 Å². The monoisotopic (exact) mass is 347 g/mol. The van der Waals surface area contributed by atoms with Gasteiger partial charge in [-0.15, -0.1) is 10.2 Å². The fourth-order valence-electron chi connectivity index (χ4n) is 2.15. The van der Waals surface area contributed by atoms with Crippen molar-refractivity contribution in [1.82, 2.24) is 25.4 Å². The first-order chi connectivity index (χ1) is 11.6. The van der Waals surface area contributed by atoms with E-state index in [1.54, 1.807) is 6.92 Å². The van der Waals surface area contributed by atoms with E-state index in [-0.39, 0.29) is 11.7 Å². The number of urea groups is 1. The SMILES string of the molecule is CCNC(=O)NC(=O)CSc1nnc(Cc2ccccc2)n1CC.